The minimum Gasteiger partial charge on any atom is -0.297 e. The van der Waals surface area contributed by atoms with Gasteiger partial charge in [0.1, 0.15) is 5.82 Å². The highest BCUT2D eigenvalue weighted by Crippen LogP contribution is 2.38. The first-order chi connectivity index (χ1) is 10.3. The molecule has 2 aromatic rings. The summed E-state index contributed by atoms with van der Waals surface area (Å²) in [5.41, 5.74) is 2.49. The van der Waals surface area contributed by atoms with Gasteiger partial charge in [-0.3, -0.25) is 10.00 Å². The fraction of sp³-hybridized carbons (Fsp3) is 0.529. The van der Waals surface area contributed by atoms with E-state index in [2.05, 4.69) is 51.3 Å². The van der Waals surface area contributed by atoms with E-state index >= 15 is 0 Å². The standard InChI is InChI=1S/C17H22N4/c1-12(21-10-2-3-11-21)13-4-6-14(7-5-13)16-18-17(20-19-16)15-8-9-15/h4-7,12,15H,2-3,8-11H2,1H3,(H,18,19,20). The third kappa shape index (κ3) is 2.60. The zero-order valence-electron chi connectivity index (χ0n) is 12.5. The van der Waals surface area contributed by atoms with Gasteiger partial charge in [-0.05, 0) is 51.3 Å². The quantitative estimate of drug-likeness (QED) is 0.933. The summed E-state index contributed by atoms with van der Waals surface area (Å²) in [6.07, 6.45) is 5.18. The largest absolute Gasteiger partial charge is 0.297 e. The molecule has 2 heterocycles. The zero-order valence-corrected chi connectivity index (χ0v) is 12.5. The highest BCUT2D eigenvalue weighted by atomic mass is 15.2. The van der Waals surface area contributed by atoms with Crippen molar-refractivity contribution in [3.8, 4) is 11.4 Å². The van der Waals surface area contributed by atoms with Gasteiger partial charge in [0, 0.05) is 17.5 Å². The van der Waals surface area contributed by atoms with Crippen LogP contribution in [0.15, 0.2) is 24.3 Å². The minimum atomic E-state index is 0.510. The minimum absolute atomic E-state index is 0.510. The van der Waals surface area contributed by atoms with Crippen LogP contribution in [0.3, 0.4) is 0 Å². The molecule has 1 saturated heterocycles. The van der Waals surface area contributed by atoms with E-state index in [9.17, 15) is 0 Å². The first-order valence-corrected chi connectivity index (χ1v) is 8.08. The molecule has 1 atom stereocenters. The number of hydrogen-bond donors (Lipinski definition) is 1. The molecule has 4 heteroatoms. The molecule has 1 unspecified atom stereocenters. The molecule has 4 rings (SSSR count). The molecule has 21 heavy (non-hydrogen) atoms. The number of hydrogen-bond acceptors (Lipinski definition) is 3. The van der Waals surface area contributed by atoms with Crippen molar-refractivity contribution in [1.29, 1.82) is 0 Å². The van der Waals surface area contributed by atoms with Crippen LogP contribution >= 0.6 is 0 Å². The number of aromatic nitrogens is 3. The summed E-state index contributed by atoms with van der Waals surface area (Å²) >= 11 is 0. The summed E-state index contributed by atoms with van der Waals surface area (Å²) in [6, 6.07) is 9.27. The van der Waals surface area contributed by atoms with Crippen molar-refractivity contribution in [2.75, 3.05) is 13.1 Å². The molecule has 1 aliphatic carbocycles. The molecule has 110 valence electrons. The van der Waals surface area contributed by atoms with Crippen LogP contribution in [0.4, 0.5) is 0 Å². The maximum absolute atomic E-state index is 4.62. The number of nitrogens with one attached hydrogen (secondary N) is 1. The first-order valence-electron chi connectivity index (χ1n) is 8.08. The number of rotatable bonds is 4. The summed E-state index contributed by atoms with van der Waals surface area (Å²) in [4.78, 5) is 7.18. The van der Waals surface area contributed by atoms with Crippen molar-refractivity contribution in [3.63, 3.8) is 0 Å². The molecule has 1 N–H and O–H groups in total. The number of aromatic amines is 1. The van der Waals surface area contributed by atoms with Crippen molar-refractivity contribution >= 4 is 0 Å². The lowest BCUT2D eigenvalue weighted by Gasteiger charge is -2.24. The molecule has 0 radical (unpaired) electrons. The second-order valence-corrected chi connectivity index (χ2v) is 6.36. The maximum Gasteiger partial charge on any atom is 0.181 e. The van der Waals surface area contributed by atoms with Crippen LogP contribution in [0.1, 0.15) is 56.0 Å². The maximum atomic E-state index is 4.62. The topological polar surface area (TPSA) is 44.8 Å². The lowest BCUT2D eigenvalue weighted by molar-refractivity contribution is 0.263. The van der Waals surface area contributed by atoms with Crippen LogP contribution in [-0.2, 0) is 0 Å². The number of likely N-dealkylation sites (tertiary alicyclic amines) is 1. The van der Waals surface area contributed by atoms with Crippen molar-refractivity contribution in [2.45, 2.75) is 44.6 Å². The number of H-pyrrole nitrogens is 1. The second-order valence-electron chi connectivity index (χ2n) is 6.36. The summed E-state index contributed by atoms with van der Waals surface area (Å²) in [6.45, 7) is 4.77. The van der Waals surface area contributed by atoms with Gasteiger partial charge in [-0.2, -0.15) is 5.10 Å². The Balaban J connectivity index is 1.51. The molecule has 1 aromatic carbocycles. The number of benzene rings is 1. The van der Waals surface area contributed by atoms with Gasteiger partial charge in [0.05, 0.1) is 0 Å². The van der Waals surface area contributed by atoms with E-state index in [1.165, 1.54) is 44.3 Å². The molecule has 4 nitrogen and oxygen atoms in total. The van der Waals surface area contributed by atoms with Crippen LogP contribution < -0.4 is 0 Å². The van der Waals surface area contributed by atoms with Gasteiger partial charge in [-0.1, -0.05) is 24.3 Å². The van der Waals surface area contributed by atoms with Gasteiger partial charge >= 0.3 is 0 Å². The predicted molar refractivity (Wildman–Crippen MR) is 83.0 cm³/mol. The van der Waals surface area contributed by atoms with Crippen LogP contribution in [0.5, 0.6) is 0 Å². The second kappa shape index (κ2) is 5.26. The molecular formula is C17H22N4. The van der Waals surface area contributed by atoms with Gasteiger partial charge in [0.15, 0.2) is 5.82 Å². The van der Waals surface area contributed by atoms with Crippen LogP contribution in [0.2, 0.25) is 0 Å². The normalized spacial score (nSPS) is 20.8. The Morgan fingerprint density at radius 2 is 1.86 bits per heavy atom. The predicted octanol–water partition coefficient (Wildman–Crippen LogP) is 3.51. The van der Waals surface area contributed by atoms with E-state index < -0.39 is 0 Å². The Morgan fingerprint density at radius 3 is 2.52 bits per heavy atom. The van der Waals surface area contributed by atoms with Gasteiger partial charge in [-0.25, -0.2) is 4.98 Å². The molecule has 0 bridgehead atoms. The van der Waals surface area contributed by atoms with E-state index in [0.717, 1.165) is 17.2 Å². The van der Waals surface area contributed by atoms with E-state index in [4.69, 9.17) is 0 Å². The first kappa shape index (κ1) is 13.0. The Morgan fingerprint density at radius 1 is 1.14 bits per heavy atom. The molecule has 0 spiro atoms. The lowest BCUT2D eigenvalue weighted by atomic mass is 10.0. The highest BCUT2D eigenvalue weighted by Gasteiger charge is 2.27. The van der Waals surface area contributed by atoms with Gasteiger partial charge in [0.2, 0.25) is 0 Å². The fourth-order valence-corrected chi connectivity index (χ4v) is 3.19. The van der Waals surface area contributed by atoms with E-state index in [-0.39, 0.29) is 0 Å². The van der Waals surface area contributed by atoms with Gasteiger partial charge in [-0.15, -0.1) is 0 Å². The Bertz CT molecular complexity index is 606. The zero-order chi connectivity index (χ0) is 14.2. The Hall–Kier alpha value is -1.68. The molecule has 0 amide bonds. The molecule has 1 aliphatic heterocycles. The van der Waals surface area contributed by atoms with Crippen molar-refractivity contribution < 1.29 is 0 Å². The third-order valence-corrected chi connectivity index (χ3v) is 4.81. The monoisotopic (exact) mass is 282 g/mol. The Kier molecular flexibility index (Phi) is 3.26. The molecule has 1 saturated carbocycles. The lowest BCUT2D eigenvalue weighted by Crippen LogP contribution is -2.23. The molecule has 2 aliphatic rings. The SMILES string of the molecule is CC(c1ccc(-c2n[nH]c(C3CC3)n2)cc1)N1CCCC1. The van der Waals surface area contributed by atoms with Gasteiger partial charge < -0.3 is 0 Å². The molecule has 2 fully saturated rings. The number of nitrogens with zero attached hydrogens (tertiary/aromatic N) is 3. The van der Waals surface area contributed by atoms with Crippen molar-refractivity contribution in [2.24, 2.45) is 0 Å². The van der Waals surface area contributed by atoms with Crippen LogP contribution in [0, 0.1) is 0 Å². The highest BCUT2D eigenvalue weighted by molar-refractivity contribution is 5.55. The Labute approximate surface area is 125 Å². The van der Waals surface area contributed by atoms with E-state index in [0.29, 0.717) is 12.0 Å². The summed E-state index contributed by atoms with van der Waals surface area (Å²) in [7, 11) is 0. The molecular weight excluding hydrogens is 260 g/mol. The van der Waals surface area contributed by atoms with Crippen molar-refractivity contribution in [3.05, 3.63) is 35.7 Å². The average Bonchev–Trinajstić information content (AvgIpc) is 3.05. The van der Waals surface area contributed by atoms with E-state index in [1.807, 2.05) is 0 Å². The summed E-state index contributed by atoms with van der Waals surface area (Å²) in [5.74, 6) is 2.51. The van der Waals surface area contributed by atoms with Crippen molar-refractivity contribution in [1.82, 2.24) is 20.1 Å². The average molecular weight is 282 g/mol. The third-order valence-electron chi connectivity index (χ3n) is 4.81. The van der Waals surface area contributed by atoms with Gasteiger partial charge in [0.25, 0.3) is 0 Å². The summed E-state index contributed by atoms with van der Waals surface area (Å²) < 4.78 is 0. The fourth-order valence-electron chi connectivity index (χ4n) is 3.19. The van der Waals surface area contributed by atoms with E-state index in [1.54, 1.807) is 0 Å². The molecule has 1 aromatic heterocycles. The van der Waals surface area contributed by atoms with Crippen LogP contribution in [0.25, 0.3) is 11.4 Å². The smallest absolute Gasteiger partial charge is 0.181 e. The summed E-state index contributed by atoms with van der Waals surface area (Å²) in [5, 5.41) is 7.43. The van der Waals surface area contributed by atoms with Crippen LogP contribution in [-0.4, -0.2) is 33.2 Å².